The van der Waals surface area contributed by atoms with Crippen molar-refractivity contribution in [2.45, 2.75) is 46.2 Å². The Morgan fingerprint density at radius 1 is 1.18 bits per heavy atom. The lowest BCUT2D eigenvalue weighted by Gasteiger charge is -2.31. The summed E-state index contributed by atoms with van der Waals surface area (Å²) in [5.74, 6) is 0.0165. The minimum absolute atomic E-state index is 0.0151. The second-order valence-electron chi connectivity index (χ2n) is 5.86. The van der Waals surface area contributed by atoms with Crippen LogP contribution in [0, 0.1) is 5.92 Å². The largest absolute Gasteiger partial charge is 0.352 e. The highest BCUT2D eigenvalue weighted by atomic mass is 32.2. The number of nitrogens with one attached hydrogen (secondary N) is 1. The van der Waals surface area contributed by atoms with E-state index in [2.05, 4.69) is 5.32 Å². The Morgan fingerprint density at radius 3 is 2.14 bits per heavy atom. The summed E-state index contributed by atoms with van der Waals surface area (Å²) in [5.41, 5.74) is 0.504. The van der Waals surface area contributed by atoms with Crippen LogP contribution >= 0.6 is 0 Å². The van der Waals surface area contributed by atoms with Crippen molar-refractivity contribution in [1.29, 1.82) is 0 Å². The number of hydrogen-bond donors (Lipinski definition) is 1. The SMILES string of the molecule is CC[C@@H](C(=O)N[C@H](C)C(C)C)N(c1ccccc1)S(C)(=O)=O. The Hall–Kier alpha value is -1.56. The van der Waals surface area contributed by atoms with Gasteiger partial charge in [0.1, 0.15) is 6.04 Å². The molecule has 6 heteroatoms. The van der Waals surface area contributed by atoms with E-state index in [9.17, 15) is 13.2 Å². The predicted octanol–water partition coefficient (Wildman–Crippen LogP) is 2.39. The molecular weight excluding hydrogens is 300 g/mol. The van der Waals surface area contributed by atoms with Gasteiger partial charge in [-0.15, -0.1) is 0 Å². The maximum atomic E-state index is 12.5. The molecule has 2 atom stereocenters. The van der Waals surface area contributed by atoms with Gasteiger partial charge in [-0.05, 0) is 31.4 Å². The van der Waals surface area contributed by atoms with Crippen LogP contribution in [-0.4, -0.2) is 32.7 Å². The predicted molar refractivity (Wildman–Crippen MR) is 90.3 cm³/mol. The van der Waals surface area contributed by atoms with Gasteiger partial charge in [0, 0.05) is 6.04 Å². The number of carbonyl (C=O) groups is 1. The molecule has 22 heavy (non-hydrogen) atoms. The van der Waals surface area contributed by atoms with E-state index in [1.807, 2.05) is 33.8 Å². The average molecular weight is 326 g/mol. The summed E-state index contributed by atoms with van der Waals surface area (Å²) in [6.07, 6.45) is 1.53. The fourth-order valence-electron chi connectivity index (χ4n) is 2.12. The summed E-state index contributed by atoms with van der Waals surface area (Å²) >= 11 is 0. The van der Waals surface area contributed by atoms with Crippen LogP contribution in [0.25, 0.3) is 0 Å². The second kappa shape index (κ2) is 7.63. The first-order chi connectivity index (χ1) is 10.2. The third-order valence-corrected chi connectivity index (χ3v) is 4.89. The van der Waals surface area contributed by atoms with Gasteiger partial charge in [-0.3, -0.25) is 9.10 Å². The molecule has 0 saturated carbocycles. The minimum atomic E-state index is -3.56. The zero-order valence-corrected chi connectivity index (χ0v) is 14.7. The van der Waals surface area contributed by atoms with Gasteiger partial charge in [-0.1, -0.05) is 39.0 Å². The zero-order chi connectivity index (χ0) is 16.9. The maximum Gasteiger partial charge on any atom is 0.244 e. The molecule has 0 fully saturated rings. The Morgan fingerprint density at radius 2 is 1.73 bits per heavy atom. The van der Waals surface area contributed by atoms with Crippen molar-refractivity contribution < 1.29 is 13.2 Å². The molecule has 1 amide bonds. The molecule has 0 saturated heterocycles. The van der Waals surface area contributed by atoms with Gasteiger partial charge in [0.2, 0.25) is 15.9 Å². The third-order valence-electron chi connectivity index (χ3n) is 3.71. The Kier molecular flexibility index (Phi) is 6.41. The van der Waals surface area contributed by atoms with E-state index >= 15 is 0 Å². The first kappa shape index (κ1) is 18.5. The zero-order valence-electron chi connectivity index (χ0n) is 13.9. The van der Waals surface area contributed by atoms with Crippen LogP contribution in [-0.2, 0) is 14.8 Å². The van der Waals surface area contributed by atoms with Crippen LogP contribution in [0.1, 0.15) is 34.1 Å². The van der Waals surface area contributed by atoms with E-state index in [0.29, 0.717) is 12.1 Å². The molecule has 1 N–H and O–H groups in total. The van der Waals surface area contributed by atoms with Gasteiger partial charge in [0.05, 0.1) is 11.9 Å². The highest BCUT2D eigenvalue weighted by molar-refractivity contribution is 7.92. The molecule has 0 aliphatic carbocycles. The van der Waals surface area contributed by atoms with Crippen LogP contribution in [0.2, 0.25) is 0 Å². The fraction of sp³-hybridized carbons (Fsp3) is 0.562. The maximum absolute atomic E-state index is 12.5. The smallest absolute Gasteiger partial charge is 0.244 e. The number of para-hydroxylation sites is 1. The quantitative estimate of drug-likeness (QED) is 0.836. The molecule has 0 aliphatic rings. The van der Waals surface area contributed by atoms with Gasteiger partial charge in [0.15, 0.2) is 0 Å². The molecule has 0 heterocycles. The van der Waals surface area contributed by atoms with E-state index in [1.165, 1.54) is 4.31 Å². The summed E-state index contributed by atoms with van der Waals surface area (Å²) in [6.45, 7) is 7.75. The van der Waals surface area contributed by atoms with Gasteiger partial charge >= 0.3 is 0 Å². The number of carbonyl (C=O) groups excluding carboxylic acids is 1. The Labute approximate surface area is 133 Å². The molecule has 124 valence electrons. The molecule has 0 bridgehead atoms. The van der Waals surface area contributed by atoms with Gasteiger partial charge in [-0.25, -0.2) is 8.42 Å². The highest BCUT2D eigenvalue weighted by Crippen LogP contribution is 2.22. The van der Waals surface area contributed by atoms with E-state index in [0.717, 1.165) is 6.26 Å². The van der Waals surface area contributed by atoms with E-state index in [-0.39, 0.29) is 17.9 Å². The number of sulfonamides is 1. The van der Waals surface area contributed by atoms with Crippen molar-refractivity contribution in [2.24, 2.45) is 5.92 Å². The average Bonchev–Trinajstić information content (AvgIpc) is 2.43. The van der Waals surface area contributed by atoms with Crippen molar-refractivity contribution in [3.8, 4) is 0 Å². The molecule has 0 aromatic heterocycles. The standard InChI is InChI=1S/C16H26N2O3S/c1-6-15(16(19)17-13(4)12(2)3)18(22(5,20)21)14-10-8-7-9-11-14/h7-13,15H,6H2,1-5H3,(H,17,19)/t13-,15+/m1/s1. The van der Waals surface area contributed by atoms with Crippen LogP contribution < -0.4 is 9.62 Å². The molecule has 0 aliphatic heterocycles. The number of hydrogen-bond acceptors (Lipinski definition) is 3. The summed E-state index contributed by atoms with van der Waals surface area (Å²) in [4.78, 5) is 12.5. The van der Waals surface area contributed by atoms with Gasteiger partial charge in [0.25, 0.3) is 0 Å². The van der Waals surface area contributed by atoms with E-state index in [1.54, 1.807) is 24.3 Å². The van der Waals surface area contributed by atoms with Crippen molar-refractivity contribution in [1.82, 2.24) is 5.32 Å². The lowest BCUT2D eigenvalue weighted by Crippen LogP contribution is -2.51. The molecule has 0 radical (unpaired) electrons. The molecule has 5 nitrogen and oxygen atoms in total. The molecule has 0 spiro atoms. The van der Waals surface area contributed by atoms with Crippen LogP contribution in [0.15, 0.2) is 30.3 Å². The summed E-state index contributed by atoms with van der Waals surface area (Å²) in [5, 5.41) is 2.91. The first-order valence-corrected chi connectivity index (χ1v) is 9.38. The molecule has 1 aromatic carbocycles. The summed E-state index contributed by atoms with van der Waals surface area (Å²) in [7, 11) is -3.56. The molecule has 1 aromatic rings. The number of benzene rings is 1. The monoisotopic (exact) mass is 326 g/mol. The minimum Gasteiger partial charge on any atom is -0.352 e. The van der Waals surface area contributed by atoms with Crippen LogP contribution in [0.3, 0.4) is 0 Å². The molecule has 0 unspecified atom stereocenters. The summed E-state index contributed by atoms with van der Waals surface area (Å²) < 4.78 is 25.6. The van der Waals surface area contributed by atoms with E-state index in [4.69, 9.17) is 0 Å². The lowest BCUT2D eigenvalue weighted by atomic mass is 10.1. The van der Waals surface area contributed by atoms with Crippen molar-refractivity contribution in [3.63, 3.8) is 0 Å². The third kappa shape index (κ3) is 4.73. The number of rotatable bonds is 7. The highest BCUT2D eigenvalue weighted by Gasteiger charge is 2.32. The number of amides is 1. The second-order valence-corrected chi connectivity index (χ2v) is 7.72. The van der Waals surface area contributed by atoms with Crippen molar-refractivity contribution in [3.05, 3.63) is 30.3 Å². The molecular formula is C16H26N2O3S. The normalized spacial score (nSPS) is 14.5. The lowest BCUT2D eigenvalue weighted by molar-refractivity contribution is -0.123. The molecule has 1 rings (SSSR count). The van der Waals surface area contributed by atoms with Crippen molar-refractivity contribution in [2.75, 3.05) is 10.6 Å². The Bertz CT molecular complexity index is 585. The number of nitrogens with zero attached hydrogens (tertiary/aromatic N) is 1. The van der Waals surface area contributed by atoms with Crippen molar-refractivity contribution >= 4 is 21.6 Å². The van der Waals surface area contributed by atoms with E-state index < -0.39 is 16.1 Å². The first-order valence-electron chi connectivity index (χ1n) is 7.53. The van der Waals surface area contributed by atoms with Gasteiger partial charge in [-0.2, -0.15) is 0 Å². The topological polar surface area (TPSA) is 66.5 Å². The fourth-order valence-corrected chi connectivity index (χ4v) is 3.33. The Balaban J connectivity index is 3.14. The van der Waals surface area contributed by atoms with Crippen LogP contribution in [0.4, 0.5) is 5.69 Å². The number of anilines is 1. The van der Waals surface area contributed by atoms with Crippen LogP contribution in [0.5, 0.6) is 0 Å². The summed E-state index contributed by atoms with van der Waals surface area (Å²) in [6, 6.07) is 7.96. The van der Waals surface area contributed by atoms with Gasteiger partial charge < -0.3 is 5.32 Å².